The van der Waals surface area contributed by atoms with Gasteiger partial charge < -0.3 is 19.9 Å². The average Bonchev–Trinajstić information content (AvgIpc) is 2.66. The van der Waals surface area contributed by atoms with E-state index in [1.807, 2.05) is 31.2 Å². The van der Waals surface area contributed by atoms with Crippen molar-refractivity contribution in [3.05, 3.63) is 57.6 Å². The molecule has 2 aromatic rings. The minimum atomic E-state index is 0.262. The van der Waals surface area contributed by atoms with Crippen LogP contribution in [0.4, 0.5) is 0 Å². The minimum absolute atomic E-state index is 0.262. The number of hydrogen-bond donors (Lipinski definition) is 2. The Kier molecular flexibility index (Phi) is 9.78. The second-order valence-corrected chi connectivity index (χ2v) is 6.98. The standard InChI is InChI=1S/C21H27Cl2NO3/c1-2-26-21-13-16(14-24-11-4-3-5-12-25)9-10-20(21)27-15-17-18(22)7-6-8-19(17)23/h6-10,13,24-25H,2-5,11-12,14-15H2,1H3. The van der Waals surface area contributed by atoms with E-state index in [0.717, 1.165) is 43.5 Å². The lowest BCUT2D eigenvalue weighted by Crippen LogP contribution is -2.15. The molecule has 0 saturated carbocycles. The summed E-state index contributed by atoms with van der Waals surface area (Å²) >= 11 is 12.4. The molecule has 0 fully saturated rings. The third-order valence-electron chi connectivity index (χ3n) is 4.08. The van der Waals surface area contributed by atoms with E-state index in [4.69, 9.17) is 37.8 Å². The molecule has 2 N–H and O–H groups in total. The topological polar surface area (TPSA) is 50.7 Å². The van der Waals surface area contributed by atoms with Crippen molar-refractivity contribution in [2.24, 2.45) is 0 Å². The van der Waals surface area contributed by atoms with E-state index in [1.54, 1.807) is 12.1 Å². The number of halogens is 2. The van der Waals surface area contributed by atoms with Crippen molar-refractivity contribution in [3.63, 3.8) is 0 Å². The Morgan fingerprint density at radius 1 is 0.963 bits per heavy atom. The maximum atomic E-state index is 8.79. The summed E-state index contributed by atoms with van der Waals surface area (Å²) in [6.45, 7) is 4.73. The zero-order chi connectivity index (χ0) is 19.5. The van der Waals surface area contributed by atoms with Gasteiger partial charge in [-0.2, -0.15) is 0 Å². The first-order valence-corrected chi connectivity index (χ1v) is 10.0. The second kappa shape index (κ2) is 12.1. The monoisotopic (exact) mass is 411 g/mol. The molecule has 0 radical (unpaired) electrons. The van der Waals surface area contributed by atoms with E-state index in [2.05, 4.69) is 5.32 Å². The molecule has 6 heteroatoms. The van der Waals surface area contributed by atoms with Crippen LogP contribution in [0.3, 0.4) is 0 Å². The summed E-state index contributed by atoms with van der Waals surface area (Å²) in [7, 11) is 0. The van der Waals surface area contributed by atoms with Gasteiger partial charge in [0.2, 0.25) is 0 Å². The molecule has 0 bridgehead atoms. The Hall–Kier alpha value is -1.46. The van der Waals surface area contributed by atoms with Crippen molar-refractivity contribution in [2.75, 3.05) is 19.8 Å². The van der Waals surface area contributed by atoms with Crippen LogP contribution in [0.1, 0.15) is 37.3 Å². The SMILES string of the molecule is CCOc1cc(CNCCCCCO)ccc1OCc1c(Cl)cccc1Cl. The zero-order valence-electron chi connectivity index (χ0n) is 15.6. The molecule has 0 aliphatic heterocycles. The summed E-state index contributed by atoms with van der Waals surface area (Å²) in [6.07, 6.45) is 2.95. The molecule has 27 heavy (non-hydrogen) atoms. The molecule has 2 aromatic carbocycles. The van der Waals surface area contributed by atoms with Crippen LogP contribution in [-0.4, -0.2) is 24.9 Å². The lowest BCUT2D eigenvalue weighted by Gasteiger charge is -2.15. The van der Waals surface area contributed by atoms with Crippen molar-refractivity contribution in [2.45, 2.75) is 39.3 Å². The fraction of sp³-hybridized carbons (Fsp3) is 0.429. The van der Waals surface area contributed by atoms with Gasteiger partial charge in [-0.15, -0.1) is 0 Å². The van der Waals surface area contributed by atoms with Gasteiger partial charge in [-0.3, -0.25) is 0 Å². The van der Waals surface area contributed by atoms with E-state index >= 15 is 0 Å². The van der Waals surface area contributed by atoms with Crippen LogP contribution in [0.25, 0.3) is 0 Å². The molecule has 0 aromatic heterocycles. The number of nitrogens with one attached hydrogen (secondary N) is 1. The Balaban J connectivity index is 1.96. The summed E-state index contributed by atoms with van der Waals surface area (Å²) in [6, 6.07) is 11.3. The first-order chi connectivity index (χ1) is 13.2. The highest BCUT2D eigenvalue weighted by Crippen LogP contribution is 2.31. The first-order valence-electron chi connectivity index (χ1n) is 9.28. The third kappa shape index (κ3) is 7.23. The van der Waals surface area contributed by atoms with Gasteiger partial charge in [0.05, 0.1) is 6.61 Å². The number of aliphatic hydroxyl groups is 1. The summed E-state index contributed by atoms with van der Waals surface area (Å²) < 4.78 is 11.7. The quantitative estimate of drug-likeness (QED) is 0.469. The van der Waals surface area contributed by atoms with Gasteiger partial charge in [-0.05, 0) is 62.6 Å². The van der Waals surface area contributed by atoms with Crippen LogP contribution in [0, 0.1) is 0 Å². The molecule has 0 aliphatic carbocycles. The first kappa shape index (κ1) is 21.8. The van der Waals surface area contributed by atoms with Gasteiger partial charge in [-0.1, -0.05) is 35.3 Å². The lowest BCUT2D eigenvalue weighted by molar-refractivity contribution is 0.269. The van der Waals surface area contributed by atoms with Gasteiger partial charge in [0, 0.05) is 28.8 Å². The Labute approximate surface area is 171 Å². The Bertz CT molecular complexity index is 690. The molecule has 0 spiro atoms. The van der Waals surface area contributed by atoms with Crippen LogP contribution < -0.4 is 14.8 Å². The normalized spacial score (nSPS) is 10.8. The average molecular weight is 412 g/mol. The van der Waals surface area contributed by atoms with Gasteiger partial charge in [0.25, 0.3) is 0 Å². The van der Waals surface area contributed by atoms with Crippen molar-refractivity contribution in [3.8, 4) is 11.5 Å². The molecular weight excluding hydrogens is 385 g/mol. The van der Waals surface area contributed by atoms with Crippen LogP contribution in [0.5, 0.6) is 11.5 Å². The molecule has 0 aliphatic rings. The molecule has 2 rings (SSSR count). The lowest BCUT2D eigenvalue weighted by atomic mass is 10.2. The molecule has 0 amide bonds. The fourth-order valence-electron chi connectivity index (χ4n) is 2.64. The van der Waals surface area contributed by atoms with Gasteiger partial charge in [0.1, 0.15) is 6.61 Å². The highest BCUT2D eigenvalue weighted by Gasteiger charge is 2.10. The van der Waals surface area contributed by atoms with E-state index < -0.39 is 0 Å². The summed E-state index contributed by atoms with van der Waals surface area (Å²) in [5.74, 6) is 1.37. The maximum Gasteiger partial charge on any atom is 0.161 e. The largest absolute Gasteiger partial charge is 0.490 e. The number of rotatable bonds is 12. The number of ether oxygens (including phenoxy) is 2. The van der Waals surface area contributed by atoms with Crippen molar-refractivity contribution >= 4 is 23.2 Å². The van der Waals surface area contributed by atoms with E-state index in [1.165, 1.54) is 0 Å². The molecule has 0 heterocycles. The van der Waals surface area contributed by atoms with Crippen LogP contribution in [0.2, 0.25) is 10.0 Å². The third-order valence-corrected chi connectivity index (χ3v) is 4.79. The molecule has 148 valence electrons. The summed E-state index contributed by atoms with van der Waals surface area (Å²) in [4.78, 5) is 0. The number of aliphatic hydroxyl groups excluding tert-OH is 1. The van der Waals surface area contributed by atoms with Crippen molar-refractivity contribution < 1.29 is 14.6 Å². The Morgan fingerprint density at radius 2 is 1.74 bits per heavy atom. The predicted molar refractivity (Wildman–Crippen MR) is 111 cm³/mol. The number of hydrogen-bond acceptors (Lipinski definition) is 4. The van der Waals surface area contributed by atoms with Crippen LogP contribution in [0.15, 0.2) is 36.4 Å². The minimum Gasteiger partial charge on any atom is -0.490 e. The number of unbranched alkanes of at least 4 members (excludes halogenated alkanes) is 2. The highest BCUT2D eigenvalue weighted by molar-refractivity contribution is 6.35. The van der Waals surface area contributed by atoms with Crippen molar-refractivity contribution in [1.82, 2.24) is 5.32 Å². The van der Waals surface area contributed by atoms with Crippen LogP contribution >= 0.6 is 23.2 Å². The highest BCUT2D eigenvalue weighted by atomic mass is 35.5. The molecule has 0 unspecified atom stereocenters. The summed E-state index contributed by atoms with van der Waals surface area (Å²) in [5.41, 5.74) is 1.89. The zero-order valence-corrected chi connectivity index (χ0v) is 17.2. The van der Waals surface area contributed by atoms with Gasteiger partial charge in [-0.25, -0.2) is 0 Å². The van der Waals surface area contributed by atoms with E-state index in [-0.39, 0.29) is 13.2 Å². The smallest absolute Gasteiger partial charge is 0.161 e. The molecule has 4 nitrogen and oxygen atoms in total. The van der Waals surface area contributed by atoms with Crippen molar-refractivity contribution in [1.29, 1.82) is 0 Å². The second-order valence-electron chi connectivity index (χ2n) is 6.16. The molecular formula is C21H27Cl2NO3. The summed E-state index contributed by atoms with van der Waals surface area (Å²) in [5, 5.41) is 13.4. The number of benzene rings is 2. The van der Waals surface area contributed by atoms with E-state index in [9.17, 15) is 0 Å². The van der Waals surface area contributed by atoms with Gasteiger partial charge in [0.15, 0.2) is 11.5 Å². The van der Waals surface area contributed by atoms with E-state index in [0.29, 0.717) is 28.2 Å². The van der Waals surface area contributed by atoms with Crippen LogP contribution in [-0.2, 0) is 13.2 Å². The molecule has 0 saturated heterocycles. The maximum absolute atomic E-state index is 8.79. The predicted octanol–water partition coefficient (Wildman–Crippen LogP) is 5.22. The Morgan fingerprint density at radius 3 is 2.44 bits per heavy atom. The molecule has 0 atom stereocenters. The fourth-order valence-corrected chi connectivity index (χ4v) is 3.15. The van der Waals surface area contributed by atoms with Gasteiger partial charge >= 0.3 is 0 Å².